The van der Waals surface area contributed by atoms with E-state index in [-0.39, 0.29) is 11.3 Å². The molecule has 0 spiro atoms. The average molecular weight is 373 g/mol. The number of aromatic hydroxyl groups is 1. The third-order valence-electron chi connectivity index (χ3n) is 3.53. The van der Waals surface area contributed by atoms with Gasteiger partial charge in [0, 0.05) is 21.9 Å². The molecule has 0 unspecified atom stereocenters. The van der Waals surface area contributed by atoms with Crippen LogP contribution in [-0.2, 0) is 0 Å². The van der Waals surface area contributed by atoms with Crippen LogP contribution >= 0.6 is 15.9 Å². The molecule has 0 atom stereocenters. The van der Waals surface area contributed by atoms with Crippen LogP contribution in [0.2, 0.25) is 0 Å². The van der Waals surface area contributed by atoms with Crippen molar-refractivity contribution in [3.05, 3.63) is 64.4 Å². The molecule has 0 fully saturated rings. The fraction of sp³-hybridized carbons (Fsp3) is 0.0588. The summed E-state index contributed by atoms with van der Waals surface area (Å²) < 4.78 is 2.72. The van der Waals surface area contributed by atoms with Crippen LogP contribution in [0, 0.1) is 6.92 Å². The van der Waals surface area contributed by atoms with Gasteiger partial charge in [-0.1, -0.05) is 15.9 Å². The molecule has 0 saturated heterocycles. The van der Waals surface area contributed by atoms with Gasteiger partial charge < -0.3 is 10.2 Å². The van der Waals surface area contributed by atoms with Gasteiger partial charge in [0.2, 0.25) is 0 Å². The number of pyridine rings is 1. The summed E-state index contributed by atoms with van der Waals surface area (Å²) in [6.07, 6.45) is 1.32. The summed E-state index contributed by atoms with van der Waals surface area (Å²) in [5, 5.41) is 19.1. The number of aromatic nitrogens is 2. The van der Waals surface area contributed by atoms with E-state index in [2.05, 4.69) is 20.9 Å². The van der Waals surface area contributed by atoms with Crippen molar-refractivity contribution in [3.63, 3.8) is 0 Å². The molecule has 0 amide bonds. The van der Waals surface area contributed by atoms with Crippen molar-refractivity contribution in [3.8, 4) is 22.8 Å². The van der Waals surface area contributed by atoms with Crippen molar-refractivity contribution >= 4 is 21.9 Å². The van der Waals surface area contributed by atoms with Gasteiger partial charge in [-0.3, -0.25) is 4.57 Å². The van der Waals surface area contributed by atoms with Crippen LogP contribution in [-0.4, -0.2) is 25.7 Å². The lowest BCUT2D eigenvalue weighted by Gasteiger charge is -2.12. The van der Waals surface area contributed by atoms with E-state index in [1.807, 2.05) is 29.7 Å². The monoisotopic (exact) mass is 372 g/mol. The number of benzene rings is 1. The Kier molecular flexibility index (Phi) is 3.92. The van der Waals surface area contributed by atoms with Gasteiger partial charge in [0.15, 0.2) is 0 Å². The Bertz CT molecular complexity index is 885. The molecule has 2 heterocycles. The van der Waals surface area contributed by atoms with Crippen LogP contribution in [0.5, 0.6) is 5.75 Å². The number of hydrogen-bond acceptors (Lipinski definition) is 3. The highest BCUT2D eigenvalue weighted by atomic mass is 79.9. The fourth-order valence-corrected chi connectivity index (χ4v) is 2.77. The second-order valence-corrected chi connectivity index (χ2v) is 5.98. The van der Waals surface area contributed by atoms with Gasteiger partial charge >= 0.3 is 5.97 Å². The first-order valence-corrected chi connectivity index (χ1v) is 7.63. The standard InChI is InChI=1S/C17H13BrN2O3/c1-10-2-5-14(13-8-12(18)4-6-15(13)21)20(10)16-7-3-11(9-19-16)17(22)23/h2-9,21H,1H3,(H,22,23). The van der Waals surface area contributed by atoms with E-state index in [9.17, 15) is 9.90 Å². The summed E-state index contributed by atoms with van der Waals surface area (Å²) in [5.41, 5.74) is 2.49. The summed E-state index contributed by atoms with van der Waals surface area (Å²) >= 11 is 3.41. The van der Waals surface area contributed by atoms with Crippen molar-refractivity contribution < 1.29 is 15.0 Å². The molecule has 5 nitrogen and oxygen atoms in total. The van der Waals surface area contributed by atoms with Crippen LogP contribution in [0.15, 0.2) is 53.1 Å². The number of halogens is 1. The lowest BCUT2D eigenvalue weighted by molar-refractivity contribution is 0.0696. The summed E-state index contributed by atoms with van der Waals surface area (Å²) in [6, 6.07) is 12.2. The van der Waals surface area contributed by atoms with E-state index in [1.165, 1.54) is 12.3 Å². The zero-order valence-corrected chi connectivity index (χ0v) is 13.8. The first-order valence-electron chi connectivity index (χ1n) is 6.84. The number of aromatic carboxylic acids is 1. The van der Waals surface area contributed by atoms with E-state index < -0.39 is 5.97 Å². The second kappa shape index (κ2) is 5.89. The lowest BCUT2D eigenvalue weighted by atomic mass is 10.1. The molecule has 0 aliphatic carbocycles. The molecule has 116 valence electrons. The fourth-order valence-electron chi connectivity index (χ4n) is 2.41. The van der Waals surface area contributed by atoms with Crippen molar-refractivity contribution in [1.29, 1.82) is 0 Å². The number of carbonyl (C=O) groups is 1. The highest BCUT2D eigenvalue weighted by molar-refractivity contribution is 9.10. The molecular weight excluding hydrogens is 360 g/mol. The molecule has 6 heteroatoms. The number of nitrogens with zero attached hydrogens (tertiary/aromatic N) is 2. The molecule has 3 rings (SSSR count). The van der Waals surface area contributed by atoms with E-state index >= 15 is 0 Å². The molecule has 1 aromatic carbocycles. The maximum atomic E-state index is 11.0. The zero-order chi connectivity index (χ0) is 16.6. The van der Waals surface area contributed by atoms with Crippen molar-refractivity contribution in [2.45, 2.75) is 6.92 Å². The minimum atomic E-state index is -1.02. The summed E-state index contributed by atoms with van der Waals surface area (Å²) in [4.78, 5) is 15.2. The van der Waals surface area contributed by atoms with E-state index in [0.29, 0.717) is 11.4 Å². The highest BCUT2D eigenvalue weighted by Crippen LogP contribution is 2.34. The predicted molar refractivity (Wildman–Crippen MR) is 90.1 cm³/mol. The van der Waals surface area contributed by atoms with Gasteiger partial charge in [0.25, 0.3) is 0 Å². The van der Waals surface area contributed by atoms with E-state index in [1.54, 1.807) is 18.2 Å². The minimum Gasteiger partial charge on any atom is -0.507 e. The molecule has 3 aromatic rings. The van der Waals surface area contributed by atoms with Gasteiger partial charge in [-0.2, -0.15) is 0 Å². The van der Waals surface area contributed by atoms with Gasteiger partial charge in [-0.25, -0.2) is 9.78 Å². The number of phenolic OH excluding ortho intramolecular Hbond substituents is 1. The van der Waals surface area contributed by atoms with E-state index in [4.69, 9.17) is 5.11 Å². The maximum Gasteiger partial charge on any atom is 0.337 e. The number of carboxylic acids is 1. The van der Waals surface area contributed by atoms with Crippen LogP contribution in [0.25, 0.3) is 17.1 Å². The van der Waals surface area contributed by atoms with Gasteiger partial charge in [-0.05, 0) is 49.4 Å². The topological polar surface area (TPSA) is 75.4 Å². The van der Waals surface area contributed by atoms with Crippen LogP contribution in [0.1, 0.15) is 16.1 Å². The molecule has 2 aromatic heterocycles. The first kappa shape index (κ1) is 15.3. The summed E-state index contributed by atoms with van der Waals surface area (Å²) in [5.74, 6) is -0.264. The Hall–Kier alpha value is -2.60. The predicted octanol–water partition coefficient (Wildman–Crippen LogP) is 4.01. The van der Waals surface area contributed by atoms with Gasteiger partial charge in [0.1, 0.15) is 11.6 Å². The van der Waals surface area contributed by atoms with Gasteiger partial charge in [0.05, 0.1) is 11.3 Å². The van der Waals surface area contributed by atoms with Crippen LogP contribution in [0.4, 0.5) is 0 Å². The second-order valence-electron chi connectivity index (χ2n) is 5.07. The minimum absolute atomic E-state index is 0.130. The average Bonchev–Trinajstić information content (AvgIpc) is 2.91. The number of carboxylic acid groups (broad SMARTS) is 1. The number of rotatable bonds is 3. The number of phenols is 1. The smallest absolute Gasteiger partial charge is 0.337 e. The molecule has 0 radical (unpaired) electrons. The Morgan fingerprint density at radius 3 is 2.61 bits per heavy atom. The molecule has 0 aliphatic heterocycles. The third-order valence-corrected chi connectivity index (χ3v) is 4.03. The third kappa shape index (κ3) is 2.85. The first-order chi connectivity index (χ1) is 11.0. The molecule has 0 saturated carbocycles. The largest absolute Gasteiger partial charge is 0.507 e. The van der Waals surface area contributed by atoms with Crippen molar-refractivity contribution in [2.75, 3.05) is 0 Å². The number of aryl methyl sites for hydroxylation is 1. The van der Waals surface area contributed by atoms with Gasteiger partial charge in [-0.15, -0.1) is 0 Å². The van der Waals surface area contributed by atoms with Crippen LogP contribution in [0.3, 0.4) is 0 Å². The molecule has 0 bridgehead atoms. The normalized spacial score (nSPS) is 10.7. The Morgan fingerprint density at radius 1 is 1.17 bits per heavy atom. The van der Waals surface area contributed by atoms with Crippen molar-refractivity contribution in [1.82, 2.24) is 9.55 Å². The zero-order valence-electron chi connectivity index (χ0n) is 12.2. The number of hydrogen-bond donors (Lipinski definition) is 2. The van der Waals surface area contributed by atoms with E-state index in [0.717, 1.165) is 15.9 Å². The highest BCUT2D eigenvalue weighted by Gasteiger charge is 2.14. The Morgan fingerprint density at radius 2 is 1.96 bits per heavy atom. The maximum absolute atomic E-state index is 11.0. The molecule has 0 aliphatic rings. The molecule has 23 heavy (non-hydrogen) atoms. The Balaban J connectivity index is 2.16. The lowest BCUT2D eigenvalue weighted by Crippen LogP contribution is -2.04. The summed E-state index contributed by atoms with van der Waals surface area (Å²) in [7, 11) is 0. The molecule has 2 N–H and O–H groups in total. The Labute approximate surface area is 141 Å². The van der Waals surface area contributed by atoms with Crippen molar-refractivity contribution in [2.24, 2.45) is 0 Å². The molecular formula is C17H13BrN2O3. The quantitative estimate of drug-likeness (QED) is 0.727. The van der Waals surface area contributed by atoms with Crippen LogP contribution < -0.4 is 0 Å². The summed E-state index contributed by atoms with van der Waals surface area (Å²) in [6.45, 7) is 1.92. The SMILES string of the molecule is Cc1ccc(-c2cc(Br)ccc2O)n1-c1ccc(C(=O)O)cn1.